The Morgan fingerprint density at radius 1 is 1.11 bits per heavy atom. The molecule has 0 radical (unpaired) electrons. The predicted octanol–water partition coefficient (Wildman–Crippen LogP) is 3.42. The summed E-state index contributed by atoms with van der Waals surface area (Å²) in [5.41, 5.74) is 3.67. The molecular formula is C15H13NO2. The first kappa shape index (κ1) is 9.97. The summed E-state index contributed by atoms with van der Waals surface area (Å²) in [4.78, 5) is 3.47. The third-order valence-corrected chi connectivity index (χ3v) is 3.55. The lowest BCUT2D eigenvalue weighted by Gasteiger charge is -2.21. The number of hydrogen-bond donors (Lipinski definition) is 1. The number of para-hydroxylation sites is 1. The van der Waals surface area contributed by atoms with Crippen LogP contribution in [-0.2, 0) is 11.2 Å². The molecule has 1 N–H and O–H groups in total. The molecule has 3 heterocycles. The van der Waals surface area contributed by atoms with Crippen LogP contribution in [0.15, 0.2) is 47.1 Å². The molecule has 0 unspecified atom stereocenters. The summed E-state index contributed by atoms with van der Waals surface area (Å²) in [6, 6.07) is 12.3. The largest absolute Gasteiger partial charge is 0.466 e. The highest BCUT2D eigenvalue weighted by Crippen LogP contribution is 2.36. The van der Waals surface area contributed by atoms with Gasteiger partial charge in [0.05, 0.1) is 18.6 Å². The number of ether oxygens (including phenoxy) is 1. The average Bonchev–Trinajstić information content (AvgIpc) is 3.05. The van der Waals surface area contributed by atoms with Gasteiger partial charge in [0.15, 0.2) is 6.10 Å². The molecule has 0 aliphatic carbocycles. The Bertz CT molecular complexity index is 682. The van der Waals surface area contributed by atoms with Crippen molar-refractivity contribution in [2.45, 2.75) is 12.5 Å². The second kappa shape index (κ2) is 3.75. The van der Waals surface area contributed by atoms with E-state index >= 15 is 0 Å². The minimum atomic E-state index is -0.101. The molecule has 3 aromatic rings. The quantitative estimate of drug-likeness (QED) is 0.706. The van der Waals surface area contributed by atoms with E-state index in [4.69, 9.17) is 9.15 Å². The predicted molar refractivity (Wildman–Crippen MR) is 68.5 cm³/mol. The van der Waals surface area contributed by atoms with Crippen molar-refractivity contribution >= 4 is 10.9 Å². The van der Waals surface area contributed by atoms with Gasteiger partial charge in [-0.15, -0.1) is 0 Å². The fourth-order valence-electron chi connectivity index (χ4n) is 2.74. The Balaban J connectivity index is 1.94. The lowest BCUT2D eigenvalue weighted by molar-refractivity contribution is 0.0531. The van der Waals surface area contributed by atoms with Gasteiger partial charge in [0, 0.05) is 10.9 Å². The summed E-state index contributed by atoms with van der Waals surface area (Å²) in [7, 11) is 0. The molecule has 2 aromatic heterocycles. The van der Waals surface area contributed by atoms with Gasteiger partial charge in [-0.05, 0) is 30.2 Å². The first-order valence-electron chi connectivity index (χ1n) is 6.18. The van der Waals surface area contributed by atoms with Crippen LogP contribution in [0.5, 0.6) is 0 Å². The van der Waals surface area contributed by atoms with E-state index in [1.807, 2.05) is 18.2 Å². The van der Waals surface area contributed by atoms with Gasteiger partial charge < -0.3 is 14.1 Å². The summed E-state index contributed by atoms with van der Waals surface area (Å²) < 4.78 is 11.3. The minimum Gasteiger partial charge on any atom is -0.466 e. The Morgan fingerprint density at radius 3 is 2.94 bits per heavy atom. The molecule has 1 aliphatic rings. The molecule has 1 aromatic carbocycles. The second-order valence-corrected chi connectivity index (χ2v) is 4.58. The number of benzene rings is 1. The first-order chi connectivity index (χ1) is 8.93. The molecule has 0 bridgehead atoms. The van der Waals surface area contributed by atoms with E-state index in [-0.39, 0.29) is 6.10 Å². The van der Waals surface area contributed by atoms with E-state index in [2.05, 4.69) is 23.2 Å². The monoisotopic (exact) mass is 239 g/mol. The molecule has 0 spiro atoms. The van der Waals surface area contributed by atoms with Gasteiger partial charge in [0.25, 0.3) is 0 Å². The number of furan rings is 1. The number of fused-ring (bicyclic) bond motifs is 3. The fourth-order valence-corrected chi connectivity index (χ4v) is 2.74. The third kappa shape index (κ3) is 1.34. The maximum Gasteiger partial charge on any atom is 0.155 e. The summed E-state index contributed by atoms with van der Waals surface area (Å²) in [5.74, 6) is 0.863. The zero-order chi connectivity index (χ0) is 11.9. The molecule has 1 aliphatic heterocycles. The Hall–Kier alpha value is -2.00. The summed E-state index contributed by atoms with van der Waals surface area (Å²) in [6.07, 6.45) is 2.54. The molecule has 0 fully saturated rings. The molecule has 0 saturated carbocycles. The maximum absolute atomic E-state index is 5.85. The lowest BCUT2D eigenvalue weighted by Crippen LogP contribution is -2.16. The highest BCUT2D eigenvalue weighted by molar-refractivity contribution is 5.85. The van der Waals surface area contributed by atoms with E-state index < -0.39 is 0 Å². The van der Waals surface area contributed by atoms with Crippen LogP contribution in [0.2, 0.25) is 0 Å². The van der Waals surface area contributed by atoms with Gasteiger partial charge in [-0.2, -0.15) is 0 Å². The number of H-pyrrole nitrogens is 1. The van der Waals surface area contributed by atoms with Crippen molar-refractivity contribution in [1.29, 1.82) is 0 Å². The third-order valence-electron chi connectivity index (χ3n) is 3.55. The van der Waals surface area contributed by atoms with E-state index in [1.54, 1.807) is 6.26 Å². The van der Waals surface area contributed by atoms with Crippen molar-refractivity contribution in [3.05, 3.63) is 59.7 Å². The number of aromatic amines is 1. The normalized spacial score (nSPS) is 19.0. The number of aromatic nitrogens is 1. The summed E-state index contributed by atoms with van der Waals surface area (Å²) >= 11 is 0. The Kier molecular flexibility index (Phi) is 2.08. The smallest absolute Gasteiger partial charge is 0.155 e. The van der Waals surface area contributed by atoms with Gasteiger partial charge >= 0.3 is 0 Å². The van der Waals surface area contributed by atoms with Gasteiger partial charge in [-0.25, -0.2) is 0 Å². The molecule has 3 nitrogen and oxygen atoms in total. The lowest BCUT2D eigenvalue weighted by atomic mass is 10.0. The van der Waals surface area contributed by atoms with Crippen molar-refractivity contribution in [2.75, 3.05) is 6.61 Å². The molecule has 0 amide bonds. The number of rotatable bonds is 1. The van der Waals surface area contributed by atoms with E-state index in [1.165, 1.54) is 16.5 Å². The minimum absolute atomic E-state index is 0.101. The first-order valence-corrected chi connectivity index (χ1v) is 6.18. The standard InChI is InChI=1S/C15H13NO2/c1-2-5-12-10(4-1)11-7-9-18-15(14(11)16-12)13-6-3-8-17-13/h1-6,8,15-16H,7,9H2/t15-/m0/s1. The van der Waals surface area contributed by atoms with Crippen LogP contribution in [0, 0.1) is 0 Å². The van der Waals surface area contributed by atoms with Crippen LogP contribution in [0.3, 0.4) is 0 Å². The van der Waals surface area contributed by atoms with Crippen molar-refractivity contribution in [3.8, 4) is 0 Å². The van der Waals surface area contributed by atoms with E-state index in [0.29, 0.717) is 0 Å². The summed E-state index contributed by atoms with van der Waals surface area (Å²) in [5, 5.41) is 1.30. The molecule has 3 heteroatoms. The zero-order valence-corrected chi connectivity index (χ0v) is 9.85. The molecule has 0 saturated heterocycles. The van der Waals surface area contributed by atoms with Crippen LogP contribution < -0.4 is 0 Å². The second-order valence-electron chi connectivity index (χ2n) is 4.58. The van der Waals surface area contributed by atoms with Crippen molar-refractivity contribution in [3.63, 3.8) is 0 Å². The maximum atomic E-state index is 5.85. The van der Waals surface area contributed by atoms with Gasteiger partial charge in [0.2, 0.25) is 0 Å². The van der Waals surface area contributed by atoms with E-state index in [9.17, 15) is 0 Å². The van der Waals surface area contributed by atoms with Crippen molar-refractivity contribution < 1.29 is 9.15 Å². The van der Waals surface area contributed by atoms with Crippen LogP contribution in [0.4, 0.5) is 0 Å². The number of hydrogen-bond acceptors (Lipinski definition) is 2. The van der Waals surface area contributed by atoms with Gasteiger partial charge in [0.1, 0.15) is 5.76 Å². The van der Waals surface area contributed by atoms with Gasteiger partial charge in [-0.1, -0.05) is 18.2 Å². The zero-order valence-electron chi connectivity index (χ0n) is 9.85. The van der Waals surface area contributed by atoms with Crippen LogP contribution in [0.1, 0.15) is 23.1 Å². The van der Waals surface area contributed by atoms with Crippen LogP contribution in [0.25, 0.3) is 10.9 Å². The Labute approximate surface area is 104 Å². The molecule has 4 rings (SSSR count). The van der Waals surface area contributed by atoms with Crippen molar-refractivity contribution in [2.24, 2.45) is 0 Å². The van der Waals surface area contributed by atoms with Gasteiger partial charge in [-0.3, -0.25) is 0 Å². The Morgan fingerprint density at radius 2 is 2.06 bits per heavy atom. The van der Waals surface area contributed by atoms with Crippen molar-refractivity contribution in [1.82, 2.24) is 4.98 Å². The van der Waals surface area contributed by atoms with Crippen LogP contribution in [-0.4, -0.2) is 11.6 Å². The molecular weight excluding hydrogens is 226 g/mol. The van der Waals surface area contributed by atoms with Crippen LogP contribution >= 0.6 is 0 Å². The molecule has 90 valence electrons. The highest BCUT2D eigenvalue weighted by Gasteiger charge is 2.27. The number of nitrogens with one attached hydrogen (secondary N) is 1. The fraction of sp³-hybridized carbons (Fsp3) is 0.200. The average molecular weight is 239 g/mol. The molecule has 18 heavy (non-hydrogen) atoms. The molecule has 1 atom stereocenters. The topological polar surface area (TPSA) is 38.2 Å². The highest BCUT2D eigenvalue weighted by atomic mass is 16.5. The summed E-state index contributed by atoms with van der Waals surface area (Å²) in [6.45, 7) is 0.736. The van der Waals surface area contributed by atoms with E-state index in [0.717, 1.165) is 24.5 Å². The SMILES string of the molecule is c1coc([C@@H]2OCCc3c2[nH]c2ccccc32)c1.